The van der Waals surface area contributed by atoms with E-state index in [0.29, 0.717) is 11.8 Å². The van der Waals surface area contributed by atoms with Gasteiger partial charge in [-0.25, -0.2) is 0 Å². The lowest BCUT2D eigenvalue weighted by Gasteiger charge is -2.20. The molecule has 0 N–H and O–H groups in total. The number of Topliss-reactive ketones (excluding diaryl/α,β-unsaturated/α-hetero) is 1. The Kier molecular flexibility index (Phi) is 2.18. The van der Waals surface area contributed by atoms with Gasteiger partial charge in [-0.3, -0.25) is 9.69 Å². The standard InChI is InChI=1S/C8H13NOS/c10-8-1-3-9(5-8)7-2-4-11-6-7/h7H,1-6H2. The zero-order chi connectivity index (χ0) is 7.68. The van der Waals surface area contributed by atoms with E-state index >= 15 is 0 Å². The topological polar surface area (TPSA) is 20.3 Å². The van der Waals surface area contributed by atoms with Crippen LogP contribution in [0.5, 0.6) is 0 Å². The third-order valence-corrected chi connectivity index (χ3v) is 3.62. The highest BCUT2D eigenvalue weighted by molar-refractivity contribution is 7.99. The second-order valence-electron chi connectivity index (χ2n) is 3.28. The summed E-state index contributed by atoms with van der Waals surface area (Å²) in [6, 6.07) is 0.714. The Bertz CT molecular complexity index is 165. The minimum atomic E-state index is 0.432. The molecule has 1 atom stereocenters. The number of rotatable bonds is 1. The summed E-state index contributed by atoms with van der Waals surface area (Å²) < 4.78 is 0. The van der Waals surface area contributed by atoms with Crippen LogP contribution in [0.1, 0.15) is 12.8 Å². The highest BCUT2D eigenvalue weighted by Crippen LogP contribution is 2.24. The summed E-state index contributed by atoms with van der Waals surface area (Å²) >= 11 is 2.02. The van der Waals surface area contributed by atoms with Crippen LogP contribution >= 0.6 is 11.8 Å². The van der Waals surface area contributed by atoms with Crippen LogP contribution in [0, 0.1) is 0 Å². The fraction of sp³-hybridized carbons (Fsp3) is 0.875. The molecule has 2 heterocycles. The number of likely N-dealkylation sites (tertiary alicyclic amines) is 1. The predicted octanol–water partition coefficient (Wildman–Crippen LogP) is 0.767. The summed E-state index contributed by atoms with van der Waals surface area (Å²) in [5.41, 5.74) is 0. The quantitative estimate of drug-likeness (QED) is 0.581. The molecule has 0 aromatic heterocycles. The smallest absolute Gasteiger partial charge is 0.148 e. The van der Waals surface area contributed by atoms with Crippen molar-refractivity contribution < 1.29 is 4.79 Å². The molecule has 11 heavy (non-hydrogen) atoms. The Morgan fingerprint density at radius 2 is 2.45 bits per heavy atom. The first-order valence-electron chi connectivity index (χ1n) is 4.20. The van der Waals surface area contributed by atoms with Crippen LogP contribution in [0.3, 0.4) is 0 Å². The van der Waals surface area contributed by atoms with Gasteiger partial charge in [0.05, 0.1) is 6.54 Å². The number of carbonyl (C=O) groups excluding carboxylic acids is 1. The maximum absolute atomic E-state index is 11.0. The Labute approximate surface area is 71.3 Å². The fourth-order valence-corrected chi connectivity index (χ4v) is 3.03. The van der Waals surface area contributed by atoms with E-state index < -0.39 is 0 Å². The molecule has 0 aromatic rings. The van der Waals surface area contributed by atoms with E-state index in [1.807, 2.05) is 11.8 Å². The van der Waals surface area contributed by atoms with E-state index in [9.17, 15) is 4.79 Å². The van der Waals surface area contributed by atoms with Crippen molar-refractivity contribution in [3.63, 3.8) is 0 Å². The molecule has 0 amide bonds. The fourth-order valence-electron chi connectivity index (χ4n) is 1.77. The summed E-state index contributed by atoms with van der Waals surface area (Å²) in [6.07, 6.45) is 2.08. The SMILES string of the molecule is O=C1CCN(C2CCSC2)C1. The average Bonchev–Trinajstić information content (AvgIpc) is 2.55. The number of nitrogens with zero attached hydrogens (tertiary/aromatic N) is 1. The van der Waals surface area contributed by atoms with Crippen molar-refractivity contribution in [2.75, 3.05) is 24.6 Å². The Hall–Kier alpha value is -0.0200. The first-order valence-corrected chi connectivity index (χ1v) is 5.35. The number of carbonyl (C=O) groups is 1. The first-order chi connectivity index (χ1) is 5.36. The van der Waals surface area contributed by atoms with Crippen molar-refractivity contribution in [1.29, 1.82) is 0 Å². The molecule has 62 valence electrons. The molecular formula is C8H13NOS. The van der Waals surface area contributed by atoms with Gasteiger partial charge in [0.15, 0.2) is 0 Å². The van der Waals surface area contributed by atoms with E-state index in [4.69, 9.17) is 0 Å². The van der Waals surface area contributed by atoms with Crippen LogP contribution in [0.2, 0.25) is 0 Å². The van der Waals surface area contributed by atoms with Gasteiger partial charge >= 0.3 is 0 Å². The molecule has 0 spiro atoms. The van der Waals surface area contributed by atoms with Gasteiger partial charge in [0, 0.05) is 24.8 Å². The Morgan fingerprint density at radius 3 is 3.00 bits per heavy atom. The van der Waals surface area contributed by atoms with Gasteiger partial charge in [0.2, 0.25) is 0 Å². The molecule has 2 aliphatic rings. The molecule has 2 rings (SSSR count). The van der Waals surface area contributed by atoms with Crippen molar-refractivity contribution in [1.82, 2.24) is 4.90 Å². The molecule has 0 aromatic carbocycles. The predicted molar refractivity (Wildman–Crippen MR) is 46.9 cm³/mol. The summed E-state index contributed by atoms with van der Waals surface area (Å²) in [6.45, 7) is 1.75. The molecule has 2 aliphatic heterocycles. The van der Waals surface area contributed by atoms with E-state index in [2.05, 4.69) is 4.90 Å². The highest BCUT2D eigenvalue weighted by Gasteiger charge is 2.28. The zero-order valence-electron chi connectivity index (χ0n) is 6.58. The van der Waals surface area contributed by atoms with E-state index in [0.717, 1.165) is 19.5 Å². The molecule has 3 heteroatoms. The van der Waals surface area contributed by atoms with E-state index in [1.165, 1.54) is 17.9 Å². The normalized spacial score (nSPS) is 33.5. The molecule has 1 unspecified atom stereocenters. The van der Waals surface area contributed by atoms with Crippen LogP contribution in [0.25, 0.3) is 0 Å². The second-order valence-corrected chi connectivity index (χ2v) is 4.43. The lowest BCUT2D eigenvalue weighted by atomic mass is 10.2. The van der Waals surface area contributed by atoms with Crippen LogP contribution in [-0.2, 0) is 4.79 Å². The largest absolute Gasteiger partial charge is 0.298 e. The van der Waals surface area contributed by atoms with Crippen LogP contribution in [-0.4, -0.2) is 41.3 Å². The van der Waals surface area contributed by atoms with Gasteiger partial charge < -0.3 is 0 Å². The molecule has 0 saturated carbocycles. The van der Waals surface area contributed by atoms with Gasteiger partial charge in [0.25, 0.3) is 0 Å². The average molecular weight is 171 g/mol. The minimum Gasteiger partial charge on any atom is -0.298 e. The second kappa shape index (κ2) is 3.15. The number of ketones is 1. The summed E-state index contributed by atoms with van der Waals surface area (Å²) in [5, 5.41) is 0. The monoisotopic (exact) mass is 171 g/mol. The Morgan fingerprint density at radius 1 is 1.55 bits per heavy atom. The van der Waals surface area contributed by atoms with Crippen molar-refractivity contribution in [2.45, 2.75) is 18.9 Å². The number of thioether (sulfide) groups is 1. The van der Waals surface area contributed by atoms with Crippen molar-refractivity contribution >= 4 is 17.5 Å². The van der Waals surface area contributed by atoms with Gasteiger partial charge in [-0.15, -0.1) is 0 Å². The first kappa shape index (κ1) is 7.62. The molecule has 2 saturated heterocycles. The summed E-state index contributed by atoms with van der Waals surface area (Å²) in [7, 11) is 0. The number of hydrogen-bond donors (Lipinski definition) is 0. The van der Waals surface area contributed by atoms with Gasteiger partial charge in [-0.05, 0) is 12.2 Å². The maximum atomic E-state index is 11.0. The van der Waals surface area contributed by atoms with Crippen LogP contribution in [0.15, 0.2) is 0 Å². The van der Waals surface area contributed by atoms with Crippen molar-refractivity contribution in [2.24, 2.45) is 0 Å². The van der Waals surface area contributed by atoms with Gasteiger partial charge in [0.1, 0.15) is 5.78 Å². The van der Waals surface area contributed by atoms with Crippen molar-refractivity contribution in [3.05, 3.63) is 0 Å². The van der Waals surface area contributed by atoms with E-state index in [-0.39, 0.29) is 0 Å². The van der Waals surface area contributed by atoms with Gasteiger partial charge in [-0.1, -0.05) is 0 Å². The van der Waals surface area contributed by atoms with Crippen LogP contribution in [0.4, 0.5) is 0 Å². The van der Waals surface area contributed by atoms with Crippen molar-refractivity contribution in [3.8, 4) is 0 Å². The molecule has 0 radical (unpaired) electrons. The lowest BCUT2D eigenvalue weighted by molar-refractivity contribution is -0.117. The minimum absolute atomic E-state index is 0.432. The third kappa shape index (κ3) is 1.59. The molecular weight excluding hydrogens is 158 g/mol. The molecule has 2 nitrogen and oxygen atoms in total. The number of hydrogen-bond acceptors (Lipinski definition) is 3. The highest BCUT2D eigenvalue weighted by atomic mass is 32.2. The van der Waals surface area contributed by atoms with E-state index in [1.54, 1.807) is 0 Å². The Balaban J connectivity index is 1.90. The molecule has 0 bridgehead atoms. The molecule has 0 aliphatic carbocycles. The third-order valence-electron chi connectivity index (χ3n) is 2.48. The molecule has 2 fully saturated rings. The lowest BCUT2D eigenvalue weighted by Crippen LogP contribution is -2.33. The zero-order valence-corrected chi connectivity index (χ0v) is 7.40. The maximum Gasteiger partial charge on any atom is 0.148 e. The summed E-state index contributed by atoms with van der Waals surface area (Å²) in [4.78, 5) is 13.3. The summed E-state index contributed by atoms with van der Waals surface area (Å²) in [5.74, 6) is 2.96. The van der Waals surface area contributed by atoms with Gasteiger partial charge in [-0.2, -0.15) is 11.8 Å². The van der Waals surface area contributed by atoms with Crippen LogP contribution < -0.4 is 0 Å².